The predicted octanol–water partition coefficient (Wildman–Crippen LogP) is 1.25. The van der Waals surface area contributed by atoms with Crippen molar-refractivity contribution in [1.82, 2.24) is 9.80 Å². The van der Waals surface area contributed by atoms with Crippen molar-refractivity contribution in [2.45, 2.75) is 25.4 Å². The molecule has 0 aliphatic carbocycles. The average molecular weight is 291 g/mol. The zero-order valence-electron chi connectivity index (χ0n) is 13.2. The van der Waals surface area contributed by atoms with Crippen LogP contribution in [-0.4, -0.2) is 60.7 Å². The van der Waals surface area contributed by atoms with Crippen LogP contribution in [0.2, 0.25) is 0 Å². The first kappa shape index (κ1) is 16.4. The minimum atomic E-state index is -0.901. The molecule has 1 atom stereocenters. The summed E-state index contributed by atoms with van der Waals surface area (Å²) in [7, 11) is 0. The van der Waals surface area contributed by atoms with Crippen LogP contribution in [0.25, 0.3) is 0 Å². The highest BCUT2D eigenvalue weighted by atomic mass is 16.3. The summed E-state index contributed by atoms with van der Waals surface area (Å²) in [6, 6.07) is 9.81. The molecule has 1 fully saturated rings. The quantitative estimate of drug-likeness (QED) is 0.794. The third-order valence-electron chi connectivity index (χ3n) is 4.50. The molecule has 3 N–H and O–H groups in total. The topological polar surface area (TPSA) is 52.7 Å². The number of nitrogens with two attached hydrogens (primary N) is 1. The molecule has 1 unspecified atom stereocenters. The second kappa shape index (κ2) is 7.90. The normalized spacial score (nSPS) is 20.3. The van der Waals surface area contributed by atoms with E-state index in [9.17, 15) is 5.11 Å². The Morgan fingerprint density at radius 2 is 1.62 bits per heavy atom. The Labute approximate surface area is 128 Å². The Morgan fingerprint density at radius 1 is 1.05 bits per heavy atom. The van der Waals surface area contributed by atoms with Crippen molar-refractivity contribution in [2.24, 2.45) is 5.73 Å². The zero-order chi connectivity index (χ0) is 15.1. The molecular weight excluding hydrogens is 262 g/mol. The zero-order valence-corrected chi connectivity index (χ0v) is 13.2. The number of hydrogen-bond acceptors (Lipinski definition) is 4. The lowest BCUT2D eigenvalue weighted by Gasteiger charge is -2.36. The lowest BCUT2D eigenvalue weighted by atomic mass is 9.90. The van der Waals surface area contributed by atoms with E-state index in [1.807, 2.05) is 30.3 Å². The van der Waals surface area contributed by atoms with Crippen molar-refractivity contribution in [1.29, 1.82) is 0 Å². The molecule has 0 saturated carbocycles. The summed E-state index contributed by atoms with van der Waals surface area (Å²) in [5.41, 5.74) is 5.87. The van der Waals surface area contributed by atoms with E-state index < -0.39 is 5.60 Å². The Morgan fingerprint density at radius 3 is 2.14 bits per heavy atom. The molecule has 0 aromatic heterocycles. The molecule has 1 saturated heterocycles. The minimum Gasteiger partial charge on any atom is -0.384 e. The largest absolute Gasteiger partial charge is 0.384 e. The molecule has 0 bridgehead atoms. The Hall–Kier alpha value is -0.940. The van der Waals surface area contributed by atoms with Crippen LogP contribution in [0.1, 0.15) is 25.3 Å². The Kier molecular flexibility index (Phi) is 6.18. The smallest absolute Gasteiger partial charge is 0.103 e. The molecule has 0 amide bonds. The van der Waals surface area contributed by atoms with Gasteiger partial charge in [-0.3, -0.25) is 0 Å². The van der Waals surface area contributed by atoms with Gasteiger partial charge in [-0.05, 0) is 24.9 Å². The maximum absolute atomic E-state index is 10.8. The SMILES string of the molecule is CCCN1CCN(CCC(O)(CN)c2ccccc2)CC1. The first-order valence-corrected chi connectivity index (χ1v) is 8.10. The summed E-state index contributed by atoms with van der Waals surface area (Å²) in [4.78, 5) is 4.96. The van der Waals surface area contributed by atoms with Crippen LogP contribution in [0.3, 0.4) is 0 Å². The van der Waals surface area contributed by atoms with E-state index in [2.05, 4.69) is 16.7 Å². The van der Waals surface area contributed by atoms with Crippen LogP contribution in [-0.2, 0) is 5.60 Å². The van der Waals surface area contributed by atoms with Gasteiger partial charge in [-0.1, -0.05) is 37.3 Å². The van der Waals surface area contributed by atoms with E-state index in [4.69, 9.17) is 5.73 Å². The highest BCUT2D eigenvalue weighted by molar-refractivity contribution is 5.22. The maximum atomic E-state index is 10.8. The van der Waals surface area contributed by atoms with E-state index in [1.165, 1.54) is 13.0 Å². The molecule has 118 valence electrons. The van der Waals surface area contributed by atoms with Gasteiger partial charge in [0.1, 0.15) is 5.60 Å². The van der Waals surface area contributed by atoms with Gasteiger partial charge in [0, 0.05) is 39.3 Å². The highest BCUT2D eigenvalue weighted by Gasteiger charge is 2.28. The van der Waals surface area contributed by atoms with Gasteiger partial charge in [0.05, 0.1) is 0 Å². The summed E-state index contributed by atoms with van der Waals surface area (Å²) in [5, 5.41) is 10.8. The number of nitrogens with zero attached hydrogens (tertiary/aromatic N) is 2. The maximum Gasteiger partial charge on any atom is 0.103 e. The van der Waals surface area contributed by atoms with E-state index in [-0.39, 0.29) is 6.54 Å². The van der Waals surface area contributed by atoms with Gasteiger partial charge in [0.25, 0.3) is 0 Å². The predicted molar refractivity (Wildman–Crippen MR) is 87.2 cm³/mol. The molecule has 1 aliphatic heterocycles. The lowest BCUT2D eigenvalue weighted by Crippen LogP contribution is -2.48. The molecule has 4 nitrogen and oxygen atoms in total. The van der Waals surface area contributed by atoms with Crippen molar-refractivity contribution in [3.8, 4) is 0 Å². The second-order valence-electron chi connectivity index (χ2n) is 6.04. The summed E-state index contributed by atoms with van der Waals surface area (Å²) < 4.78 is 0. The highest BCUT2D eigenvalue weighted by Crippen LogP contribution is 2.24. The third kappa shape index (κ3) is 4.51. The Balaban J connectivity index is 1.84. The molecule has 1 aromatic rings. The number of hydrogen-bond donors (Lipinski definition) is 2. The first-order chi connectivity index (χ1) is 10.2. The molecule has 1 aromatic carbocycles. The first-order valence-electron chi connectivity index (χ1n) is 8.10. The summed E-state index contributed by atoms with van der Waals surface area (Å²) in [5.74, 6) is 0. The van der Waals surface area contributed by atoms with E-state index in [0.717, 1.165) is 38.3 Å². The van der Waals surface area contributed by atoms with Gasteiger partial charge in [0.15, 0.2) is 0 Å². The van der Waals surface area contributed by atoms with Crippen molar-refractivity contribution < 1.29 is 5.11 Å². The number of benzene rings is 1. The van der Waals surface area contributed by atoms with Crippen LogP contribution in [0.4, 0.5) is 0 Å². The van der Waals surface area contributed by atoms with Gasteiger partial charge in [0.2, 0.25) is 0 Å². The molecule has 0 spiro atoms. The van der Waals surface area contributed by atoms with Gasteiger partial charge in [-0.15, -0.1) is 0 Å². The standard InChI is InChI=1S/C17H29N3O/c1-2-9-19-11-13-20(14-12-19)10-8-17(21,15-18)16-6-4-3-5-7-16/h3-7,21H,2,8-15,18H2,1H3. The van der Waals surface area contributed by atoms with Gasteiger partial charge in [-0.25, -0.2) is 0 Å². The summed E-state index contributed by atoms with van der Waals surface area (Å²) in [6.45, 7) is 9.07. The Bertz CT molecular complexity index is 404. The fourth-order valence-electron chi connectivity index (χ4n) is 3.01. The van der Waals surface area contributed by atoms with Crippen LogP contribution in [0, 0.1) is 0 Å². The lowest BCUT2D eigenvalue weighted by molar-refractivity contribution is 0.0194. The molecule has 0 radical (unpaired) electrons. The average Bonchev–Trinajstić information content (AvgIpc) is 2.55. The van der Waals surface area contributed by atoms with E-state index in [0.29, 0.717) is 6.42 Å². The second-order valence-corrected chi connectivity index (χ2v) is 6.04. The van der Waals surface area contributed by atoms with Crippen LogP contribution in [0.5, 0.6) is 0 Å². The summed E-state index contributed by atoms with van der Waals surface area (Å²) in [6.07, 6.45) is 1.92. The molecular formula is C17H29N3O. The minimum absolute atomic E-state index is 0.271. The van der Waals surface area contributed by atoms with Crippen molar-refractivity contribution in [2.75, 3.05) is 45.8 Å². The van der Waals surface area contributed by atoms with Crippen molar-refractivity contribution >= 4 is 0 Å². The van der Waals surface area contributed by atoms with Crippen LogP contribution in [0.15, 0.2) is 30.3 Å². The van der Waals surface area contributed by atoms with Gasteiger partial charge >= 0.3 is 0 Å². The van der Waals surface area contributed by atoms with E-state index in [1.54, 1.807) is 0 Å². The fourth-order valence-corrected chi connectivity index (χ4v) is 3.01. The molecule has 21 heavy (non-hydrogen) atoms. The van der Waals surface area contributed by atoms with Gasteiger partial charge < -0.3 is 20.6 Å². The molecule has 4 heteroatoms. The molecule has 1 aliphatic rings. The third-order valence-corrected chi connectivity index (χ3v) is 4.50. The summed E-state index contributed by atoms with van der Waals surface area (Å²) >= 11 is 0. The molecule has 1 heterocycles. The van der Waals surface area contributed by atoms with Gasteiger partial charge in [-0.2, -0.15) is 0 Å². The van der Waals surface area contributed by atoms with Crippen LogP contribution < -0.4 is 5.73 Å². The number of rotatable bonds is 7. The number of piperazine rings is 1. The van der Waals surface area contributed by atoms with Crippen molar-refractivity contribution in [3.63, 3.8) is 0 Å². The fraction of sp³-hybridized carbons (Fsp3) is 0.647. The van der Waals surface area contributed by atoms with E-state index >= 15 is 0 Å². The molecule has 2 rings (SSSR count). The van der Waals surface area contributed by atoms with Crippen molar-refractivity contribution in [3.05, 3.63) is 35.9 Å². The number of aliphatic hydroxyl groups is 1. The monoisotopic (exact) mass is 291 g/mol. The van der Waals surface area contributed by atoms with Crippen LogP contribution >= 0.6 is 0 Å².